The lowest BCUT2D eigenvalue weighted by atomic mass is 10.1. The molecular formula is C10H20N2O4S. The largest absolute Gasteiger partial charge is 0.481 e. The van der Waals surface area contributed by atoms with Crippen molar-refractivity contribution < 1.29 is 18.3 Å². The fourth-order valence-electron chi connectivity index (χ4n) is 1.76. The molecule has 0 aliphatic carbocycles. The van der Waals surface area contributed by atoms with E-state index >= 15 is 0 Å². The van der Waals surface area contributed by atoms with Crippen LogP contribution in [0.4, 0.5) is 0 Å². The van der Waals surface area contributed by atoms with Gasteiger partial charge in [0.25, 0.3) is 10.2 Å². The van der Waals surface area contributed by atoms with E-state index in [1.54, 1.807) is 0 Å². The third-order valence-corrected chi connectivity index (χ3v) is 4.85. The molecule has 1 saturated heterocycles. The SMILES string of the molecule is CC(C)CCN1CC(C(=O)O)CN(C)S1(=O)=O. The van der Waals surface area contributed by atoms with E-state index in [0.29, 0.717) is 12.5 Å². The third-order valence-electron chi connectivity index (χ3n) is 2.93. The zero-order valence-corrected chi connectivity index (χ0v) is 11.3. The predicted molar refractivity (Wildman–Crippen MR) is 63.7 cm³/mol. The first-order valence-corrected chi connectivity index (χ1v) is 7.09. The van der Waals surface area contributed by atoms with Crippen LogP contribution in [0.3, 0.4) is 0 Å². The second-order valence-electron chi connectivity index (χ2n) is 4.86. The Morgan fingerprint density at radius 3 is 2.47 bits per heavy atom. The Hall–Kier alpha value is -0.660. The van der Waals surface area contributed by atoms with E-state index < -0.39 is 22.1 Å². The maximum Gasteiger partial charge on any atom is 0.309 e. The normalized spacial score (nSPS) is 26.2. The topological polar surface area (TPSA) is 77.9 Å². The summed E-state index contributed by atoms with van der Waals surface area (Å²) in [5, 5.41) is 8.97. The number of hydrogen-bond donors (Lipinski definition) is 1. The lowest BCUT2D eigenvalue weighted by Crippen LogP contribution is -2.54. The highest BCUT2D eigenvalue weighted by molar-refractivity contribution is 7.86. The highest BCUT2D eigenvalue weighted by Crippen LogP contribution is 2.20. The van der Waals surface area contributed by atoms with Crippen LogP contribution in [0.2, 0.25) is 0 Å². The first-order chi connectivity index (χ1) is 7.75. The van der Waals surface area contributed by atoms with Crippen LogP contribution in [0.15, 0.2) is 0 Å². The molecule has 0 saturated carbocycles. The Morgan fingerprint density at radius 1 is 1.41 bits per heavy atom. The van der Waals surface area contributed by atoms with Crippen molar-refractivity contribution in [3.63, 3.8) is 0 Å². The molecule has 1 unspecified atom stereocenters. The van der Waals surface area contributed by atoms with Crippen LogP contribution < -0.4 is 0 Å². The van der Waals surface area contributed by atoms with Crippen molar-refractivity contribution in [3.8, 4) is 0 Å². The number of aliphatic carboxylic acids is 1. The maximum absolute atomic E-state index is 12.0. The van der Waals surface area contributed by atoms with Gasteiger partial charge in [-0.1, -0.05) is 13.8 Å². The quantitative estimate of drug-likeness (QED) is 0.788. The highest BCUT2D eigenvalue weighted by Gasteiger charge is 2.38. The molecule has 0 aromatic carbocycles. The zero-order chi connectivity index (χ0) is 13.2. The molecular weight excluding hydrogens is 244 g/mol. The molecule has 0 amide bonds. The molecule has 1 N–H and O–H groups in total. The minimum Gasteiger partial charge on any atom is -0.481 e. The van der Waals surface area contributed by atoms with Gasteiger partial charge in [-0.25, -0.2) is 0 Å². The van der Waals surface area contributed by atoms with E-state index in [0.717, 1.165) is 10.7 Å². The van der Waals surface area contributed by atoms with Crippen LogP contribution in [-0.4, -0.2) is 54.8 Å². The van der Waals surface area contributed by atoms with Crippen molar-refractivity contribution in [2.24, 2.45) is 11.8 Å². The van der Waals surface area contributed by atoms with Gasteiger partial charge in [0.05, 0.1) is 5.92 Å². The minimum atomic E-state index is -3.46. The molecule has 100 valence electrons. The summed E-state index contributed by atoms with van der Waals surface area (Å²) in [6.07, 6.45) is 0.736. The van der Waals surface area contributed by atoms with Crippen molar-refractivity contribution in [1.82, 2.24) is 8.61 Å². The monoisotopic (exact) mass is 264 g/mol. The Bertz CT molecular complexity index is 380. The van der Waals surface area contributed by atoms with E-state index in [9.17, 15) is 13.2 Å². The minimum absolute atomic E-state index is 0.0514. The van der Waals surface area contributed by atoms with E-state index in [1.807, 2.05) is 13.8 Å². The van der Waals surface area contributed by atoms with Gasteiger partial charge in [0.1, 0.15) is 0 Å². The summed E-state index contributed by atoms with van der Waals surface area (Å²) in [5.41, 5.74) is 0. The Balaban J connectivity index is 2.79. The molecule has 0 spiro atoms. The number of hydrogen-bond acceptors (Lipinski definition) is 3. The van der Waals surface area contributed by atoms with Crippen LogP contribution in [0.1, 0.15) is 20.3 Å². The summed E-state index contributed by atoms with van der Waals surface area (Å²) < 4.78 is 26.3. The maximum atomic E-state index is 12.0. The molecule has 0 bridgehead atoms. The van der Waals surface area contributed by atoms with Crippen molar-refractivity contribution in [1.29, 1.82) is 0 Å². The molecule has 17 heavy (non-hydrogen) atoms. The molecule has 1 rings (SSSR count). The smallest absolute Gasteiger partial charge is 0.309 e. The van der Waals surface area contributed by atoms with Gasteiger partial charge in [0.15, 0.2) is 0 Å². The number of carboxylic acid groups (broad SMARTS) is 1. The summed E-state index contributed by atoms with van der Waals surface area (Å²) in [6, 6.07) is 0. The zero-order valence-electron chi connectivity index (χ0n) is 10.5. The van der Waals surface area contributed by atoms with Crippen LogP contribution in [-0.2, 0) is 15.0 Å². The van der Waals surface area contributed by atoms with Crippen LogP contribution in [0, 0.1) is 11.8 Å². The molecule has 0 aromatic heterocycles. The molecule has 7 heteroatoms. The second-order valence-corrected chi connectivity index (χ2v) is 6.90. The molecule has 1 fully saturated rings. The molecule has 1 atom stereocenters. The molecule has 1 aliphatic heterocycles. The fourth-order valence-corrected chi connectivity index (χ4v) is 3.23. The third kappa shape index (κ3) is 3.40. The Kier molecular flexibility index (Phi) is 4.51. The Morgan fingerprint density at radius 2 is 2.00 bits per heavy atom. The van der Waals surface area contributed by atoms with Gasteiger partial charge in [-0.05, 0) is 12.3 Å². The van der Waals surface area contributed by atoms with Gasteiger partial charge in [-0.15, -0.1) is 0 Å². The lowest BCUT2D eigenvalue weighted by molar-refractivity contribution is -0.142. The van der Waals surface area contributed by atoms with E-state index in [1.165, 1.54) is 11.4 Å². The van der Waals surface area contributed by atoms with E-state index in [2.05, 4.69) is 0 Å². The van der Waals surface area contributed by atoms with Crippen LogP contribution in [0.5, 0.6) is 0 Å². The van der Waals surface area contributed by atoms with Crippen molar-refractivity contribution in [2.45, 2.75) is 20.3 Å². The first-order valence-electron chi connectivity index (χ1n) is 5.69. The second kappa shape index (κ2) is 5.32. The van der Waals surface area contributed by atoms with Crippen molar-refractivity contribution in [2.75, 3.05) is 26.7 Å². The number of carboxylic acids is 1. The Labute approximate surface area is 102 Å². The van der Waals surface area contributed by atoms with Gasteiger partial charge in [-0.2, -0.15) is 17.0 Å². The summed E-state index contributed by atoms with van der Waals surface area (Å²) in [5.74, 6) is -1.20. The number of rotatable bonds is 4. The standard InChI is InChI=1S/C10H20N2O4S/c1-8(2)4-5-12-7-9(10(13)14)6-11(3)17(12,15)16/h8-9H,4-7H2,1-3H3,(H,13,14). The predicted octanol–water partition coefficient (Wildman–Crippen LogP) is 0.226. The highest BCUT2D eigenvalue weighted by atomic mass is 32.2. The summed E-state index contributed by atoms with van der Waals surface area (Å²) >= 11 is 0. The first kappa shape index (κ1) is 14.4. The van der Waals surface area contributed by atoms with Crippen LogP contribution >= 0.6 is 0 Å². The van der Waals surface area contributed by atoms with Crippen LogP contribution in [0.25, 0.3) is 0 Å². The molecule has 1 aliphatic rings. The van der Waals surface area contributed by atoms with Gasteiger partial charge in [-0.3, -0.25) is 4.79 Å². The van der Waals surface area contributed by atoms with Crippen molar-refractivity contribution >= 4 is 16.2 Å². The average molecular weight is 264 g/mol. The summed E-state index contributed by atoms with van der Waals surface area (Å²) in [6.45, 7) is 4.53. The molecule has 6 nitrogen and oxygen atoms in total. The van der Waals surface area contributed by atoms with E-state index in [4.69, 9.17) is 5.11 Å². The van der Waals surface area contributed by atoms with Crippen molar-refractivity contribution in [3.05, 3.63) is 0 Å². The van der Waals surface area contributed by atoms with E-state index in [-0.39, 0.29) is 13.1 Å². The average Bonchev–Trinajstić information content (AvgIpc) is 2.19. The molecule has 0 radical (unpaired) electrons. The fraction of sp³-hybridized carbons (Fsp3) is 0.900. The summed E-state index contributed by atoms with van der Waals surface area (Å²) in [7, 11) is -2.04. The molecule has 1 heterocycles. The summed E-state index contributed by atoms with van der Waals surface area (Å²) in [4.78, 5) is 10.9. The lowest BCUT2D eigenvalue weighted by Gasteiger charge is -2.35. The van der Waals surface area contributed by atoms with Gasteiger partial charge < -0.3 is 5.11 Å². The van der Waals surface area contributed by atoms with Gasteiger partial charge >= 0.3 is 5.97 Å². The number of carbonyl (C=O) groups is 1. The number of nitrogens with zero attached hydrogens (tertiary/aromatic N) is 2. The van der Waals surface area contributed by atoms with Gasteiger partial charge in [0, 0.05) is 26.7 Å². The molecule has 0 aromatic rings. The van der Waals surface area contributed by atoms with Gasteiger partial charge in [0.2, 0.25) is 0 Å².